The molecule has 23 heavy (non-hydrogen) atoms. The monoisotopic (exact) mass is 326 g/mol. The summed E-state index contributed by atoms with van der Waals surface area (Å²) in [5, 5.41) is 15.2. The molecule has 0 aliphatic heterocycles. The van der Waals surface area contributed by atoms with Gasteiger partial charge in [-0.25, -0.2) is 4.98 Å². The molecule has 2 rings (SSSR count). The van der Waals surface area contributed by atoms with Crippen molar-refractivity contribution in [3.05, 3.63) is 64.5 Å². The molecule has 1 amide bonds. The number of amides is 1. The number of carbonyl (C=O) groups is 1. The lowest BCUT2D eigenvalue weighted by molar-refractivity contribution is -0.112. The summed E-state index contributed by atoms with van der Waals surface area (Å²) in [6.07, 6.45) is 3.02. The van der Waals surface area contributed by atoms with Crippen molar-refractivity contribution < 1.29 is 4.79 Å². The number of hydrogen-bond acceptors (Lipinski definition) is 4. The van der Waals surface area contributed by atoms with E-state index in [0.717, 1.165) is 11.1 Å². The van der Waals surface area contributed by atoms with Crippen LogP contribution in [0.3, 0.4) is 0 Å². The maximum Gasteiger partial charge on any atom is 0.267 e. The molecule has 0 aliphatic rings. The van der Waals surface area contributed by atoms with Gasteiger partial charge in [-0.3, -0.25) is 4.79 Å². The van der Waals surface area contributed by atoms with Crippen molar-refractivity contribution in [1.82, 2.24) is 4.98 Å². The fourth-order valence-corrected chi connectivity index (χ4v) is 1.94. The smallest absolute Gasteiger partial charge is 0.267 e. The fourth-order valence-electron chi connectivity index (χ4n) is 1.77. The van der Waals surface area contributed by atoms with Crippen LogP contribution in [0.4, 0.5) is 11.5 Å². The van der Waals surface area contributed by atoms with Gasteiger partial charge >= 0.3 is 0 Å². The van der Waals surface area contributed by atoms with Crippen molar-refractivity contribution in [2.24, 2.45) is 0 Å². The Morgan fingerprint density at radius 2 is 2.09 bits per heavy atom. The van der Waals surface area contributed by atoms with Gasteiger partial charge in [-0.05, 0) is 43.2 Å². The number of carbonyl (C=O) groups excluding carboxylic acids is 1. The third kappa shape index (κ3) is 4.56. The highest BCUT2D eigenvalue weighted by Crippen LogP contribution is 2.20. The molecule has 0 bridgehead atoms. The number of hydrogen-bond donors (Lipinski definition) is 2. The summed E-state index contributed by atoms with van der Waals surface area (Å²) < 4.78 is 0. The van der Waals surface area contributed by atoms with Gasteiger partial charge in [0.2, 0.25) is 0 Å². The molecule has 0 radical (unpaired) electrons. The maximum atomic E-state index is 12.2. The normalized spacial score (nSPS) is 10.8. The van der Waals surface area contributed by atoms with Gasteiger partial charge in [-0.1, -0.05) is 23.7 Å². The van der Waals surface area contributed by atoms with Crippen LogP contribution in [0.2, 0.25) is 5.02 Å². The minimum absolute atomic E-state index is 0.0632. The first-order chi connectivity index (χ1) is 11.0. The van der Waals surface area contributed by atoms with Crippen LogP contribution in [0, 0.1) is 25.2 Å². The third-order valence-electron chi connectivity index (χ3n) is 3.09. The average Bonchev–Trinajstić information content (AvgIpc) is 2.53. The Hall–Kier alpha value is -2.84. The number of pyridine rings is 1. The summed E-state index contributed by atoms with van der Waals surface area (Å²) in [6, 6.07) is 10.7. The summed E-state index contributed by atoms with van der Waals surface area (Å²) in [7, 11) is 0. The molecular formula is C17H15ClN4O. The van der Waals surface area contributed by atoms with Gasteiger partial charge in [-0.15, -0.1) is 0 Å². The minimum atomic E-state index is -0.516. The molecule has 6 heteroatoms. The molecule has 1 aromatic heterocycles. The van der Waals surface area contributed by atoms with E-state index < -0.39 is 5.91 Å². The highest BCUT2D eigenvalue weighted by molar-refractivity contribution is 6.31. The summed E-state index contributed by atoms with van der Waals surface area (Å²) in [5.74, 6) is 0.0348. The van der Waals surface area contributed by atoms with E-state index in [1.165, 1.54) is 6.20 Å². The second-order valence-corrected chi connectivity index (χ2v) is 5.38. The van der Waals surface area contributed by atoms with Crippen molar-refractivity contribution >= 4 is 29.0 Å². The zero-order chi connectivity index (χ0) is 16.8. The van der Waals surface area contributed by atoms with E-state index in [-0.39, 0.29) is 5.57 Å². The topological polar surface area (TPSA) is 77.8 Å². The van der Waals surface area contributed by atoms with Crippen molar-refractivity contribution in [3.8, 4) is 6.07 Å². The van der Waals surface area contributed by atoms with Gasteiger partial charge in [-0.2, -0.15) is 5.26 Å². The number of rotatable bonds is 4. The lowest BCUT2D eigenvalue weighted by Crippen LogP contribution is -2.15. The quantitative estimate of drug-likeness (QED) is 0.661. The first-order valence-corrected chi connectivity index (χ1v) is 7.24. The standard InChI is InChI=1S/C17H15ClN4O/c1-11-3-6-16(20-9-11)21-10-13(8-19)17(23)22-15-7-14(18)5-4-12(15)2/h3-7,9-10H,1-2H3,(H,20,21)(H,22,23)/b13-10-. The predicted octanol–water partition coefficient (Wildman–Crippen LogP) is 3.81. The van der Waals surface area contributed by atoms with Gasteiger partial charge < -0.3 is 10.6 Å². The lowest BCUT2D eigenvalue weighted by atomic mass is 10.2. The molecule has 1 heterocycles. The maximum absolute atomic E-state index is 12.2. The molecule has 0 saturated heterocycles. The van der Waals surface area contributed by atoms with E-state index in [9.17, 15) is 4.79 Å². The van der Waals surface area contributed by atoms with E-state index in [4.69, 9.17) is 16.9 Å². The lowest BCUT2D eigenvalue weighted by Gasteiger charge is -2.08. The number of aryl methyl sites for hydroxylation is 2. The zero-order valence-corrected chi connectivity index (χ0v) is 13.5. The van der Waals surface area contributed by atoms with Gasteiger partial charge in [0.15, 0.2) is 0 Å². The molecule has 0 spiro atoms. The number of nitriles is 1. The van der Waals surface area contributed by atoms with Crippen LogP contribution in [0.15, 0.2) is 48.3 Å². The highest BCUT2D eigenvalue weighted by atomic mass is 35.5. The van der Waals surface area contributed by atoms with Crippen LogP contribution >= 0.6 is 11.6 Å². The Bertz CT molecular complexity index is 791. The fraction of sp³-hybridized carbons (Fsp3) is 0.118. The van der Waals surface area contributed by atoms with Gasteiger partial charge in [0.1, 0.15) is 17.5 Å². The summed E-state index contributed by atoms with van der Waals surface area (Å²) >= 11 is 5.92. The van der Waals surface area contributed by atoms with E-state index in [2.05, 4.69) is 15.6 Å². The minimum Gasteiger partial charge on any atom is -0.345 e. The number of halogens is 1. The molecule has 0 atom stereocenters. The van der Waals surface area contributed by atoms with Crippen molar-refractivity contribution in [1.29, 1.82) is 5.26 Å². The van der Waals surface area contributed by atoms with Crippen LogP contribution in [0.5, 0.6) is 0 Å². The molecule has 116 valence electrons. The highest BCUT2D eigenvalue weighted by Gasteiger charge is 2.11. The summed E-state index contributed by atoms with van der Waals surface area (Å²) in [6.45, 7) is 3.77. The van der Waals surface area contributed by atoms with Crippen LogP contribution in [-0.4, -0.2) is 10.9 Å². The van der Waals surface area contributed by atoms with E-state index in [1.54, 1.807) is 30.5 Å². The molecule has 1 aromatic carbocycles. The van der Waals surface area contributed by atoms with Gasteiger partial charge in [0, 0.05) is 23.1 Å². The van der Waals surface area contributed by atoms with Crippen molar-refractivity contribution in [3.63, 3.8) is 0 Å². The second-order valence-electron chi connectivity index (χ2n) is 4.95. The van der Waals surface area contributed by atoms with Crippen LogP contribution < -0.4 is 10.6 Å². The molecule has 0 aliphatic carbocycles. The SMILES string of the molecule is Cc1ccc(N/C=C(/C#N)C(=O)Nc2cc(Cl)ccc2C)nc1. The number of nitrogens with one attached hydrogen (secondary N) is 2. The first kappa shape index (κ1) is 16.5. The second kappa shape index (κ2) is 7.43. The molecule has 2 N–H and O–H groups in total. The molecular weight excluding hydrogens is 312 g/mol. The zero-order valence-electron chi connectivity index (χ0n) is 12.7. The van der Waals surface area contributed by atoms with Crippen molar-refractivity contribution in [2.45, 2.75) is 13.8 Å². The summed E-state index contributed by atoms with van der Waals surface area (Å²) in [5.41, 5.74) is 2.38. The van der Waals surface area contributed by atoms with E-state index >= 15 is 0 Å². The number of anilines is 2. The first-order valence-electron chi connectivity index (χ1n) is 6.86. The Labute approximate surface area is 139 Å². The Morgan fingerprint density at radius 1 is 1.30 bits per heavy atom. The number of benzene rings is 1. The molecule has 0 fully saturated rings. The predicted molar refractivity (Wildman–Crippen MR) is 91.1 cm³/mol. The largest absolute Gasteiger partial charge is 0.345 e. The average molecular weight is 327 g/mol. The molecule has 0 saturated carbocycles. The summed E-state index contributed by atoms with van der Waals surface area (Å²) in [4.78, 5) is 16.3. The van der Waals surface area contributed by atoms with Gasteiger partial charge in [0.25, 0.3) is 5.91 Å². The number of aromatic nitrogens is 1. The molecule has 2 aromatic rings. The number of nitrogens with zero attached hydrogens (tertiary/aromatic N) is 2. The van der Waals surface area contributed by atoms with Crippen molar-refractivity contribution in [2.75, 3.05) is 10.6 Å². The van der Waals surface area contributed by atoms with Crippen LogP contribution in [0.1, 0.15) is 11.1 Å². The third-order valence-corrected chi connectivity index (χ3v) is 3.32. The van der Waals surface area contributed by atoms with Crippen LogP contribution in [0.25, 0.3) is 0 Å². The Kier molecular flexibility index (Phi) is 5.34. The van der Waals surface area contributed by atoms with E-state index in [1.807, 2.05) is 26.0 Å². The molecule has 5 nitrogen and oxygen atoms in total. The van der Waals surface area contributed by atoms with Gasteiger partial charge in [0.05, 0.1) is 0 Å². The Balaban J connectivity index is 2.12. The molecule has 0 unspecified atom stereocenters. The van der Waals surface area contributed by atoms with Crippen LogP contribution in [-0.2, 0) is 4.79 Å². The Morgan fingerprint density at radius 3 is 2.74 bits per heavy atom. The van der Waals surface area contributed by atoms with E-state index in [0.29, 0.717) is 16.5 Å².